The number of ether oxygens (including phenoxy) is 1. The van der Waals surface area contributed by atoms with Crippen LogP contribution in [0.3, 0.4) is 0 Å². The number of nitrogens with zero attached hydrogens (tertiary/aromatic N) is 1. The molecule has 1 aliphatic heterocycles. The Kier molecular flexibility index (Phi) is 4.97. The molecule has 2 N–H and O–H groups in total. The third kappa shape index (κ3) is 2.84. The van der Waals surface area contributed by atoms with Gasteiger partial charge in [0.2, 0.25) is 5.91 Å². The number of likely N-dealkylation sites (N-methyl/N-ethyl adjacent to an activating group) is 1. The topological polar surface area (TPSA) is 61.8 Å². The van der Waals surface area contributed by atoms with Crippen molar-refractivity contribution in [2.24, 2.45) is 5.92 Å². The van der Waals surface area contributed by atoms with Crippen molar-refractivity contribution in [3.05, 3.63) is 0 Å². The van der Waals surface area contributed by atoms with E-state index in [2.05, 4.69) is 5.32 Å². The highest BCUT2D eigenvalue weighted by molar-refractivity contribution is 5.80. The van der Waals surface area contributed by atoms with E-state index in [0.29, 0.717) is 25.8 Å². The molecular formula is C13H24N2O3. The Morgan fingerprint density at radius 2 is 2.22 bits per heavy atom. The lowest BCUT2D eigenvalue weighted by molar-refractivity contribution is -0.140. The zero-order valence-corrected chi connectivity index (χ0v) is 11.1. The summed E-state index contributed by atoms with van der Waals surface area (Å²) >= 11 is 0. The molecule has 1 saturated heterocycles. The second-order valence-electron chi connectivity index (χ2n) is 5.15. The summed E-state index contributed by atoms with van der Waals surface area (Å²) in [5, 5.41) is 12.4. The number of rotatable bonds is 6. The number of nitrogens with one attached hydrogen (secondary N) is 1. The van der Waals surface area contributed by atoms with Gasteiger partial charge in [-0.25, -0.2) is 0 Å². The fraction of sp³-hybridized carbons (Fsp3) is 0.923. The molecule has 18 heavy (non-hydrogen) atoms. The van der Waals surface area contributed by atoms with Gasteiger partial charge in [0.25, 0.3) is 0 Å². The maximum absolute atomic E-state index is 12.5. The van der Waals surface area contributed by atoms with E-state index in [1.165, 1.54) is 6.42 Å². The van der Waals surface area contributed by atoms with E-state index in [-0.39, 0.29) is 24.5 Å². The molecule has 2 fully saturated rings. The number of aliphatic hydroxyl groups is 1. The lowest BCUT2D eigenvalue weighted by Crippen LogP contribution is -2.52. The average molecular weight is 256 g/mol. The number of hydrogen-bond donors (Lipinski definition) is 2. The van der Waals surface area contributed by atoms with Gasteiger partial charge >= 0.3 is 0 Å². The monoisotopic (exact) mass is 256 g/mol. The molecule has 1 saturated carbocycles. The van der Waals surface area contributed by atoms with E-state index in [1.807, 2.05) is 11.8 Å². The van der Waals surface area contributed by atoms with Crippen LogP contribution < -0.4 is 5.32 Å². The first-order valence-corrected chi connectivity index (χ1v) is 7.00. The first-order valence-electron chi connectivity index (χ1n) is 7.00. The van der Waals surface area contributed by atoms with E-state index in [9.17, 15) is 4.79 Å². The van der Waals surface area contributed by atoms with Crippen LogP contribution in [0.4, 0.5) is 0 Å². The largest absolute Gasteiger partial charge is 0.395 e. The van der Waals surface area contributed by atoms with Crippen molar-refractivity contribution in [1.29, 1.82) is 0 Å². The van der Waals surface area contributed by atoms with Crippen molar-refractivity contribution in [3.8, 4) is 0 Å². The number of aliphatic hydroxyl groups excluding tert-OH is 1. The minimum atomic E-state index is -0.0860. The maximum atomic E-state index is 12.5. The highest BCUT2D eigenvalue weighted by atomic mass is 16.5. The highest BCUT2D eigenvalue weighted by Crippen LogP contribution is 2.27. The molecule has 0 bridgehead atoms. The Balaban J connectivity index is 1.97. The van der Waals surface area contributed by atoms with Gasteiger partial charge in [-0.15, -0.1) is 0 Å². The van der Waals surface area contributed by atoms with Gasteiger partial charge in [0.05, 0.1) is 25.7 Å². The van der Waals surface area contributed by atoms with Crippen LogP contribution >= 0.6 is 0 Å². The van der Waals surface area contributed by atoms with E-state index in [0.717, 1.165) is 19.4 Å². The summed E-state index contributed by atoms with van der Waals surface area (Å²) in [6.07, 6.45) is 3.34. The molecule has 0 radical (unpaired) electrons. The third-order valence-electron chi connectivity index (χ3n) is 4.00. The molecule has 1 aliphatic carbocycles. The van der Waals surface area contributed by atoms with E-state index < -0.39 is 0 Å². The summed E-state index contributed by atoms with van der Waals surface area (Å²) in [5.41, 5.74) is 0. The summed E-state index contributed by atoms with van der Waals surface area (Å²) in [4.78, 5) is 14.4. The Morgan fingerprint density at radius 1 is 1.44 bits per heavy atom. The summed E-state index contributed by atoms with van der Waals surface area (Å²) in [7, 11) is 0. The number of carbonyl (C=O) groups excluding carboxylic acids is 1. The second-order valence-corrected chi connectivity index (χ2v) is 5.15. The van der Waals surface area contributed by atoms with Gasteiger partial charge in [0.1, 0.15) is 0 Å². The minimum Gasteiger partial charge on any atom is -0.395 e. The molecule has 0 spiro atoms. The van der Waals surface area contributed by atoms with Gasteiger partial charge in [-0.3, -0.25) is 4.79 Å². The Labute approximate surface area is 108 Å². The van der Waals surface area contributed by atoms with E-state index >= 15 is 0 Å². The van der Waals surface area contributed by atoms with Crippen LogP contribution in [0.15, 0.2) is 0 Å². The molecule has 104 valence electrons. The normalized spacial score (nSPS) is 28.1. The third-order valence-corrected chi connectivity index (χ3v) is 4.00. The SMILES string of the molecule is CCNC1COCC1C(=O)N(CCO)C1CCC1. The molecule has 5 nitrogen and oxygen atoms in total. The predicted octanol–water partition coefficient (Wildman–Crippen LogP) is -0.0157. The summed E-state index contributed by atoms with van der Waals surface area (Å²) in [5.74, 6) is 0.0642. The molecular weight excluding hydrogens is 232 g/mol. The van der Waals surface area contributed by atoms with Gasteiger partial charge in [-0.2, -0.15) is 0 Å². The van der Waals surface area contributed by atoms with Crippen molar-refractivity contribution in [2.75, 3.05) is 32.9 Å². The Bertz CT molecular complexity index is 281. The van der Waals surface area contributed by atoms with Crippen molar-refractivity contribution in [3.63, 3.8) is 0 Å². The molecule has 1 amide bonds. The molecule has 2 rings (SSSR count). The number of carbonyl (C=O) groups is 1. The first-order chi connectivity index (χ1) is 8.77. The Hall–Kier alpha value is -0.650. The van der Waals surface area contributed by atoms with Gasteiger partial charge in [0.15, 0.2) is 0 Å². The second kappa shape index (κ2) is 6.50. The van der Waals surface area contributed by atoms with Gasteiger partial charge in [-0.1, -0.05) is 6.92 Å². The fourth-order valence-electron chi connectivity index (χ4n) is 2.75. The van der Waals surface area contributed by atoms with Gasteiger partial charge in [0, 0.05) is 18.6 Å². The lowest BCUT2D eigenvalue weighted by Gasteiger charge is -2.39. The smallest absolute Gasteiger partial charge is 0.230 e. The van der Waals surface area contributed by atoms with Crippen LogP contribution in [-0.2, 0) is 9.53 Å². The van der Waals surface area contributed by atoms with E-state index in [1.54, 1.807) is 0 Å². The van der Waals surface area contributed by atoms with Crippen LogP contribution in [0.1, 0.15) is 26.2 Å². The number of amides is 1. The molecule has 2 atom stereocenters. The molecule has 0 aromatic rings. The van der Waals surface area contributed by atoms with Crippen molar-refractivity contribution >= 4 is 5.91 Å². The van der Waals surface area contributed by atoms with E-state index in [4.69, 9.17) is 9.84 Å². The van der Waals surface area contributed by atoms with Crippen LogP contribution in [-0.4, -0.2) is 60.9 Å². The van der Waals surface area contributed by atoms with Crippen LogP contribution in [0.5, 0.6) is 0 Å². The zero-order valence-electron chi connectivity index (χ0n) is 11.1. The predicted molar refractivity (Wildman–Crippen MR) is 68.2 cm³/mol. The Morgan fingerprint density at radius 3 is 2.78 bits per heavy atom. The zero-order chi connectivity index (χ0) is 13.0. The van der Waals surface area contributed by atoms with Crippen LogP contribution in [0, 0.1) is 5.92 Å². The maximum Gasteiger partial charge on any atom is 0.230 e. The van der Waals surface area contributed by atoms with Crippen LogP contribution in [0.25, 0.3) is 0 Å². The van der Waals surface area contributed by atoms with Gasteiger partial charge < -0.3 is 20.1 Å². The first kappa shape index (κ1) is 13.8. The molecule has 2 unspecified atom stereocenters. The average Bonchev–Trinajstić information content (AvgIpc) is 2.74. The number of hydrogen-bond acceptors (Lipinski definition) is 4. The van der Waals surface area contributed by atoms with Crippen molar-refractivity contribution < 1.29 is 14.6 Å². The minimum absolute atomic E-state index is 0.0433. The van der Waals surface area contributed by atoms with Gasteiger partial charge in [-0.05, 0) is 25.8 Å². The summed E-state index contributed by atoms with van der Waals surface area (Å²) in [6.45, 7) is 4.51. The summed E-state index contributed by atoms with van der Waals surface area (Å²) in [6, 6.07) is 0.469. The molecule has 2 aliphatic rings. The summed E-state index contributed by atoms with van der Waals surface area (Å²) < 4.78 is 5.43. The molecule has 0 aromatic heterocycles. The molecule has 0 aromatic carbocycles. The molecule has 1 heterocycles. The lowest BCUT2D eigenvalue weighted by atomic mass is 9.89. The quantitative estimate of drug-likeness (QED) is 0.701. The van der Waals surface area contributed by atoms with Crippen molar-refractivity contribution in [2.45, 2.75) is 38.3 Å². The standard InChI is InChI=1S/C13H24N2O3/c1-2-14-12-9-18-8-11(12)13(17)15(6-7-16)10-4-3-5-10/h10-12,14,16H,2-9H2,1H3. The highest BCUT2D eigenvalue weighted by Gasteiger charge is 2.39. The fourth-order valence-corrected chi connectivity index (χ4v) is 2.75. The molecule has 5 heteroatoms. The van der Waals surface area contributed by atoms with Crippen molar-refractivity contribution in [1.82, 2.24) is 10.2 Å². The van der Waals surface area contributed by atoms with Crippen LogP contribution in [0.2, 0.25) is 0 Å².